The van der Waals surface area contributed by atoms with Crippen LogP contribution >= 0.6 is 0 Å². The van der Waals surface area contributed by atoms with E-state index in [9.17, 15) is 0 Å². The summed E-state index contributed by atoms with van der Waals surface area (Å²) in [7, 11) is 0. The molecule has 0 saturated heterocycles. The molecule has 0 aliphatic rings. The standard InChI is InChI=1S/C20H30/c1-3-4-5-6-7-8-9-11-14-19(2)17-18-20-15-12-10-13-16-20/h9-13,15-16H,2-8,14,17-18H2,1H3/b11-9+. The maximum atomic E-state index is 4.18. The molecule has 0 bridgehead atoms. The number of aryl methyl sites for hydroxylation is 1. The first kappa shape index (κ1) is 16.8. The van der Waals surface area contributed by atoms with Crippen LogP contribution in [0.5, 0.6) is 0 Å². The number of benzene rings is 1. The van der Waals surface area contributed by atoms with Crippen molar-refractivity contribution >= 4 is 0 Å². The molecule has 0 aromatic heterocycles. The van der Waals surface area contributed by atoms with Gasteiger partial charge in [-0.1, -0.05) is 87.2 Å². The van der Waals surface area contributed by atoms with Crippen LogP contribution in [0, 0.1) is 0 Å². The Morgan fingerprint density at radius 1 is 1.00 bits per heavy atom. The molecule has 0 atom stereocenters. The van der Waals surface area contributed by atoms with E-state index in [1.165, 1.54) is 49.7 Å². The molecule has 1 aromatic carbocycles. The summed E-state index contributed by atoms with van der Waals surface area (Å²) in [5, 5.41) is 0. The number of hydrogen-bond donors (Lipinski definition) is 0. The van der Waals surface area contributed by atoms with Gasteiger partial charge in [-0.3, -0.25) is 0 Å². The molecule has 110 valence electrons. The van der Waals surface area contributed by atoms with Crippen LogP contribution in [-0.2, 0) is 6.42 Å². The predicted octanol–water partition coefficient (Wildman–Crippen LogP) is 6.48. The molecule has 0 spiro atoms. The van der Waals surface area contributed by atoms with E-state index in [2.05, 4.69) is 56.0 Å². The van der Waals surface area contributed by atoms with Gasteiger partial charge in [-0.15, -0.1) is 0 Å². The van der Waals surface area contributed by atoms with Gasteiger partial charge in [0.05, 0.1) is 0 Å². The van der Waals surface area contributed by atoms with Crippen LogP contribution in [0.25, 0.3) is 0 Å². The lowest BCUT2D eigenvalue weighted by Gasteiger charge is -2.03. The van der Waals surface area contributed by atoms with Crippen molar-refractivity contribution in [3.8, 4) is 0 Å². The van der Waals surface area contributed by atoms with Gasteiger partial charge >= 0.3 is 0 Å². The van der Waals surface area contributed by atoms with Crippen molar-refractivity contribution in [3.05, 3.63) is 60.2 Å². The van der Waals surface area contributed by atoms with Gasteiger partial charge in [0, 0.05) is 0 Å². The van der Waals surface area contributed by atoms with E-state index in [0.717, 1.165) is 19.3 Å². The molecule has 0 unspecified atom stereocenters. The second-order valence-corrected chi connectivity index (χ2v) is 5.61. The molecular weight excluding hydrogens is 240 g/mol. The van der Waals surface area contributed by atoms with Crippen molar-refractivity contribution in [1.82, 2.24) is 0 Å². The third-order valence-corrected chi connectivity index (χ3v) is 3.66. The van der Waals surface area contributed by atoms with Crippen LogP contribution in [0.15, 0.2) is 54.6 Å². The van der Waals surface area contributed by atoms with Gasteiger partial charge in [0.25, 0.3) is 0 Å². The molecule has 0 aliphatic carbocycles. The monoisotopic (exact) mass is 270 g/mol. The Labute approximate surface area is 125 Å². The second-order valence-electron chi connectivity index (χ2n) is 5.61. The van der Waals surface area contributed by atoms with Gasteiger partial charge in [-0.25, -0.2) is 0 Å². The first-order chi connectivity index (χ1) is 9.83. The molecule has 0 amide bonds. The van der Waals surface area contributed by atoms with Gasteiger partial charge in [0.15, 0.2) is 0 Å². The van der Waals surface area contributed by atoms with Crippen molar-refractivity contribution in [2.24, 2.45) is 0 Å². The summed E-state index contributed by atoms with van der Waals surface area (Å²) >= 11 is 0. The largest absolute Gasteiger partial charge is 0.0995 e. The Hall–Kier alpha value is -1.30. The average Bonchev–Trinajstić information content (AvgIpc) is 2.49. The van der Waals surface area contributed by atoms with Crippen LogP contribution in [0.4, 0.5) is 0 Å². The predicted molar refractivity (Wildman–Crippen MR) is 91.0 cm³/mol. The zero-order valence-corrected chi connectivity index (χ0v) is 13.1. The highest BCUT2D eigenvalue weighted by Crippen LogP contribution is 2.12. The van der Waals surface area contributed by atoms with Crippen LogP contribution in [0.1, 0.15) is 63.9 Å². The summed E-state index contributed by atoms with van der Waals surface area (Å²) in [6, 6.07) is 10.7. The maximum absolute atomic E-state index is 4.18. The number of unbranched alkanes of at least 4 members (excludes halogenated alkanes) is 5. The molecule has 0 saturated carbocycles. The van der Waals surface area contributed by atoms with Crippen LogP contribution < -0.4 is 0 Å². The van der Waals surface area contributed by atoms with Crippen molar-refractivity contribution in [2.75, 3.05) is 0 Å². The lowest BCUT2D eigenvalue weighted by molar-refractivity contribution is 0.637. The molecular formula is C20H30. The van der Waals surface area contributed by atoms with E-state index in [1.54, 1.807) is 0 Å². The fourth-order valence-electron chi connectivity index (χ4n) is 2.30. The first-order valence-corrected chi connectivity index (χ1v) is 8.18. The van der Waals surface area contributed by atoms with E-state index in [4.69, 9.17) is 0 Å². The molecule has 0 heterocycles. The van der Waals surface area contributed by atoms with E-state index < -0.39 is 0 Å². The Balaban J connectivity index is 2.02. The Morgan fingerprint density at radius 3 is 2.50 bits per heavy atom. The minimum Gasteiger partial charge on any atom is -0.0995 e. The SMILES string of the molecule is C=C(C/C=C/CCCCCCC)CCc1ccccc1. The summed E-state index contributed by atoms with van der Waals surface area (Å²) < 4.78 is 0. The normalized spacial score (nSPS) is 11.1. The third-order valence-electron chi connectivity index (χ3n) is 3.66. The summed E-state index contributed by atoms with van der Waals surface area (Å²) in [4.78, 5) is 0. The van der Waals surface area contributed by atoms with Gasteiger partial charge < -0.3 is 0 Å². The minimum absolute atomic E-state index is 1.04. The summed E-state index contributed by atoms with van der Waals surface area (Å²) in [5.41, 5.74) is 2.75. The zero-order valence-electron chi connectivity index (χ0n) is 13.1. The van der Waals surface area contributed by atoms with Gasteiger partial charge in [0.1, 0.15) is 0 Å². The van der Waals surface area contributed by atoms with Crippen LogP contribution in [-0.4, -0.2) is 0 Å². The number of hydrogen-bond acceptors (Lipinski definition) is 0. The van der Waals surface area contributed by atoms with Gasteiger partial charge in [0.2, 0.25) is 0 Å². The molecule has 0 N–H and O–H groups in total. The lowest BCUT2D eigenvalue weighted by atomic mass is 10.0. The number of allylic oxidation sites excluding steroid dienone is 3. The first-order valence-electron chi connectivity index (χ1n) is 8.18. The molecule has 0 heteroatoms. The average molecular weight is 270 g/mol. The summed E-state index contributed by atoms with van der Waals surface area (Å²) in [6.45, 7) is 6.44. The van der Waals surface area contributed by atoms with Crippen LogP contribution in [0.3, 0.4) is 0 Å². The molecule has 20 heavy (non-hydrogen) atoms. The Bertz CT molecular complexity index is 372. The van der Waals surface area contributed by atoms with Crippen molar-refractivity contribution in [1.29, 1.82) is 0 Å². The molecule has 1 rings (SSSR count). The van der Waals surface area contributed by atoms with Gasteiger partial charge in [-0.05, 0) is 37.7 Å². The highest BCUT2D eigenvalue weighted by atomic mass is 14.0. The van der Waals surface area contributed by atoms with E-state index in [1.807, 2.05) is 0 Å². The highest BCUT2D eigenvalue weighted by Gasteiger charge is 1.95. The molecule has 0 fully saturated rings. The molecule has 1 aromatic rings. The molecule has 0 nitrogen and oxygen atoms in total. The Morgan fingerprint density at radius 2 is 1.75 bits per heavy atom. The zero-order chi connectivity index (χ0) is 14.5. The maximum Gasteiger partial charge on any atom is -0.0141 e. The van der Waals surface area contributed by atoms with Crippen molar-refractivity contribution < 1.29 is 0 Å². The van der Waals surface area contributed by atoms with E-state index >= 15 is 0 Å². The smallest absolute Gasteiger partial charge is 0.0141 e. The molecule has 0 radical (unpaired) electrons. The van der Waals surface area contributed by atoms with E-state index in [0.29, 0.717) is 0 Å². The van der Waals surface area contributed by atoms with E-state index in [-0.39, 0.29) is 0 Å². The van der Waals surface area contributed by atoms with Crippen LogP contribution in [0.2, 0.25) is 0 Å². The second kappa shape index (κ2) is 11.5. The quantitative estimate of drug-likeness (QED) is 0.319. The Kier molecular flexibility index (Phi) is 9.65. The summed E-state index contributed by atoms with van der Waals surface area (Å²) in [6.07, 6.45) is 16.0. The fourth-order valence-corrected chi connectivity index (χ4v) is 2.30. The number of rotatable bonds is 11. The highest BCUT2D eigenvalue weighted by molar-refractivity contribution is 5.16. The summed E-state index contributed by atoms with van der Waals surface area (Å²) in [5.74, 6) is 0. The fraction of sp³-hybridized carbons (Fsp3) is 0.500. The molecule has 0 aliphatic heterocycles. The van der Waals surface area contributed by atoms with Gasteiger partial charge in [-0.2, -0.15) is 0 Å². The minimum atomic E-state index is 1.04. The van der Waals surface area contributed by atoms with Crippen molar-refractivity contribution in [2.45, 2.75) is 64.7 Å². The lowest BCUT2D eigenvalue weighted by Crippen LogP contribution is -1.87. The third kappa shape index (κ3) is 8.74. The topological polar surface area (TPSA) is 0 Å². The van der Waals surface area contributed by atoms with Crippen molar-refractivity contribution in [3.63, 3.8) is 0 Å².